The van der Waals surface area contributed by atoms with Crippen LogP contribution >= 0.6 is 65.5 Å². The van der Waals surface area contributed by atoms with Crippen LogP contribution in [0, 0.1) is 5.82 Å². The molecule has 5 aromatic rings. The Morgan fingerprint density at radius 1 is 0.890 bits per heavy atom. The summed E-state index contributed by atoms with van der Waals surface area (Å²) in [6.45, 7) is -5.97. The maximum absolute atomic E-state index is 14.3. The van der Waals surface area contributed by atoms with Crippen molar-refractivity contribution in [2.24, 2.45) is 4.99 Å². The highest BCUT2D eigenvalue weighted by Crippen LogP contribution is 2.35. The monoisotopic (exact) mass is 1320 g/mol. The Balaban J connectivity index is 0.000000393. The van der Waals surface area contributed by atoms with Crippen molar-refractivity contribution < 1.29 is 103 Å². The van der Waals surface area contributed by atoms with E-state index in [0.717, 1.165) is 54.1 Å². The molecule has 0 aliphatic carbocycles. The topological polar surface area (TPSA) is 379 Å². The zero-order chi connectivity index (χ0) is 62.2. The molecule has 0 fully saturated rings. The van der Waals surface area contributed by atoms with Gasteiger partial charge in [0.1, 0.15) is 29.6 Å². The largest absolute Gasteiger partial charge is 0.778 e. The lowest BCUT2D eigenvalue weighted by Gasteiger charge is -2.15. The maximum Gasteiger partial charge on any atom is 0.388 e. The van der Waals surface area contributed by atoms with Crippen LogP contribution in [0.1, 0.15) is 33.6 Å². The first-order chi connectivity index (χ1) is 38.2. The summed E-state index contributed by atoms with van der Waals surface area (Å²) >= 11 is 19.5. The second-order valence-electron chi connectivity index (χ2n) is 15.4. The first-order valence-electron chi connectivity index (χ1n) is 21.9. The SMILES string of the molecule is COC(=O)CSc1cc(/N=c2\sc(=O)n3n2CCCC3)c(F)cc1Cl.COc1c(Cl)ccc(Cl)c1C(=O)O.C[S+](C)C.O=C(Nc1nc(OC(F)F)cc(OC(F)F)n1)NS(=O)(=O)c1ccccc1C(=O)O.O=C(O)CNCP(=O)([O-])O. The number of amides is 2. The molecular formula is C43H47Cl3F5N8O18PS4. The molecule has 3 heterocycles. The second kappa shape index (κ2) is 34.4. The number of hydrogen-bond donors (Lipinski definition) is 7. The molecule has 26 nitrogen and oxygen atoms in total. The normalized spacial score (nSPS) is 12.5. The van der Waals surface area contributed by atoms with Gasteiger partial charge in [0.2, 0.25) is 22.5 Å². The number of urea groups is 1. The molecule has 2 amide bonds. The Kier molecular flexibility index (Phi) is 30.1. The van der Waals surface area contributed by atoms with E-state index in [4.69, 9.17) is 59.8 Å². The fraction of sp³-hybridized carbons (Fsp3) is 0.326. The lowest BCUT2D eigenvalue weighted by atomic mass is 10.2. The first kappa shape index (κ1) is 71.8. The van der Waals surface area contributed by atoms with Gasteiger partial charge in [-0.2, -0.15) is 27.5 Å². The smallest absolute Gasteiger partial charge is 0.388 e. The number of carbonyl (C=O) groups is 5. The summed E-state index contributed by atoms with van der Waals surface area (Å²) in [4.78, 5) is 95.9. The minimum Gasteiger partial charge on any atom is -0.778 e. The maximum atomic E-state index is 14.3. The molecule has 0 bridgehead atoms. The third-order valence-electron chi connectivity index (χ3n) is 8.70. The van der Waals surface area contributed by atoms with Gasteiger partial charge in [0, 0.05) is 18.0 Å². The number of alkyl halides is 4. The summed E-state index contributed by atoms with van der Waals surface area (Å²) in [5, 5.41) is 30.0. The van der Waals surface area contributed by atoms with E-state index < -0.39 is 108 Å². The Morgan fingerprint density at radius 3 is 1.95 bits per heavy atom. The minimum atomic E-state index is -4.71. The Hall–Kier alpha value is -6.27. The Morgan fingerprint density at radius 2 is 1.45 bits per heavy atom. The quantitative estimate of drug-likeness (QED) is 0.0173. The summed E-state index contributed by atoms with van der Waals surface area (Å²) in [7, 11) is -5.79. The third kappa shape index (κ3) is 25.5. The number of carbonyl (C=O) groups excluding carboxylic acids is 2. The number of carboxylic acid groups (broad SMARTS) is 3. The van der Waals surface area contributed by atoms with Crippen LogP contribution in [0.25, 0.3) is 0 Å². The molecule has 39 heteroatoms. The number of aliphatic carboxylic acids is 1. The van der Waals surface area contributed by atoms with Gasteiger partial charge in [-0.25, -0.2) is 41.6 Å². The number of carboxylic acids is 3. The van der Waals surface area contributed by atoms with Crippen molar-refractivity contribution in [3.63, 3.8) is 0 Å². The molecule has 452 valence electrons. The second-order valence-corrected chi connectivity index (χ2v) is 24.2. The first-order valence-corrected chi connectivity index (χ1v) is 30.5. The molecule has 3 aromatic carbocycles. The van der Waals surface area contributed by atoms with Gasteiger partial charge in [0.05, 0.1) is 78.3 Å². The molecular weight excluding hydrogens is 1280 g/mol. The van der Waals surface area contributed by atoms with E-state index in [9.17, 15) is 68.6 Å². The van der Waals surface area contributed by atoms with Crippen LogP contribution < -0.4 is 44.1 Å². The molecule has 7 N–H and O–H groups in total. The molecule has 0 saturated carbocycles. The van der Waals surface area contributed by atoms with Gasteiger partial charge < -0.3 is 48.6 Å². The third-order valence-corrected chi connectivity index (χ3v) is 13.7. The molecule has 82 heavy (non-hydrogen) atoms. The van der Waals surface area contributed by atoms with E-state index in [1.807, 2.05) is 5.32 Å². The van der Waals surface area contributed by atoms with E-state index in [1.165, 1.54) is 49.3 Å². The zero-order valence-corrected chi connectivity index (χ0v) is 49.1. The van der Waals surface area contributed by atoms with Gasteiger partial charge in [0.25, 0.3) is 10.0 Å². The number of benzene rings is 3. The molecule has 1 unspecified atom stereocenters. The van der Waals surface area contributed by atoms with E-state index in [1.54, 1.807) is 14.7 Å². The Bertz CT molecular complexity index is 3310. The molecule has 6 rings (SSSR count). The highest BCUT2D eigenvalue weighted by Gasteiger charge is 2.25. The minimum absolute atomic E-state index is 0.0605. The molecule has 0 saturated heterocycles. The van der Waals surface area contributed by atoms with Gasteiger partial charge in [-0.1, -0.05) is 46.9 Å². The highest BCUT2D eigenvalue weighted by molar-refractivity contribution is 8.00. The van der Waals surface area contributed by atoms with E-state index >= 15 is 0 Å². The fourth-order valence-corrected chi connectivity index (χ4v) is 9.57. The number of aromatic carboxylic acids is 2. The molecule has 1 aliphatic rings. The van der Waals surface area contributed by atoms with Crippen molar-refractivity contribution in [2.75, 3.05) is 56.9 Å². The van der Waals surface area contributed by atoms with Gasteiger partial charge in [-0.15, -0.1) is 11.8 Å². The van der Waals surface area contributed by atoms with E-state index in [-0.39, 0.29) is 42.7 Å². The van der Waals surface area contributed by atoms with Crippen molar-refractivity contribution in [2.45, 2.75) is 48.9 Å². The summed E-state index contributed by atoms with van der Waals surface area (Å²) in [6.07, 6.45) is 7.77. The van der Waals surface area contributed by atoms with E-state index in [2.05, 4.69) is 47.9 Å². The number of anilines is 1. The van der Waals surface area contributed by atoms with Crippen LogP contribution in [0.2, 0.25) is 15.1 Å². The number of sulfonamides is 1. The number of thioether (sulfide) groups is 1. The van der Waals surface area contributed by atoms with Crippen LogP contribution in [0.4, 0.5) is 38.4 Å². The predicted octanol–water partition coefficient (Wildman–Crippen LogP) is 6.04. The van der Waals surface area contributed by atoms with Crippen molar-refractivity contribution in [1.29, 1.82) is 0 Å². The van der Waals surface area contributed by atoms with Crippen LogP contribution in [-0.2, 0) is 52.9 Å². The number of nitrogens with zero attached hydrogens (tertiary/aromatic N) is 5. The number of halogens is 8. The standard InChI is InChI=1S/C15H15ClFN3O3S2.C14H10F4N4O7S.C8H6Cl2O3.C3H8NO5P.C3H9S/c1-23-13(21)8-24-12-7-11(10(17)6-9(12)16)18-14-19-4-2-3-5-20(19)15(22)25-14;15-11(16)28-8-5-9(29-12(17)18)20-13(19-8)21-14(25)22-30(26,27)7-4-2-1-3-6(7)10(23)24;1-13-7-5(10)3-2-4(9)6(7)8(11)12;5-3(6)1-4-2-10(7,8)9;1-4(2)3/h6-7H,2-5,8H2,1H3;1-5,11-12H,(H,23,24)(H2,19,20,21,22,25);2-3H,1H3,(H,11,12);4H,1-2H2,(H,5,6)(H2,7,8,9);1-3H3/q;;;;+1/p-1/b18-14-;;;;. The number of esters is 1. The van der Waals surface area contributed by atoms with Gasteiger partial charge >= 0.3 is 48.0 Å². The molecule has 0 spiro atoms. The average molecular weight is 1320 g/mol. The molecule has 1 aliphatic heterocycles. The Labute approximate surface area is 487 Å². The number of methoxy groups -OCH3 is 2. The summed E-state index contributed by atoms with van der Waals surface area (Å²) in [5.74, 6) is -7.63. The number of aromatic nitrogens is 4. The molecule has 0 radical (unpaired) electrons. The van der Waals surface area contributed by atoms with Crippen LogP contribution in [0.15, 0.2) is 74.2 Å². The van der Waals surface area contributed by atoms with Crippen LogP contribution in [0.5, 0.6) is 17.5 Å². The highest BCUT2D eigenvalue weighted by atomic mass is 35.5. The number of ether oxygens (including phenoxy) is 4. The summed E-state index contributed by atoms with van der Waals surface area (Å²) < 4.78 is 120. The number of hydrogen-bond acceptors (Lipinski definition) is 20. The van der Waals surface area contributed by atoms with Crippen molar-refractivity contribution in [1.82, 2.24) is 29.4 Å². The van der Waals surface area contributed by atoms with Gasteiger partial charge in [-0.3, -0.25) is 29.7 Å². The van der Waals surface area contributed by atoms with Crippen molar-refractivity contribution in [3.05, 3.63) is 101 Å². The van der Waals surface area contributed by atoms with Gasteiger partial charge in [-0.05, 0) is 71.5 Å². The number of fused-ring (bicyclic) bond motifs is 1. The summed E-state index contributed by atoms with van der Waals surface area (Å²) in [6, 6.07) is 8.76. The lowest BCUT2D eigenvalue weighted by molar-refractivity contribution is -0.193. The van der Waals surface area contributed by atoms with Crippen LogP contribution in [-0.4, -0.2) is 143 Å². The molecule has 2 aromatic heterocycles. The van der Waals surface area contributed by atoms with E-state index in [0.29, 0.717) is 39.7 Å². The average Bonchev–Trinajstić information content (AvgIpc) is 3.83. The molecule has 1 atom stereocenters. The van der Waals surface area contributed by atoms with Crippen LogP contribution in [0.3, 0.4) is 0 Å². The van der Waals surface area contributed by atoms with Crippen molar-refractivity contribution >= 4 is 128 Å². The van der Waals surface area contributed by atoms with Gasteiger partial charge in [0.15, 0.2) is 5.75 Å². The van der Waals surface area contributed by atoms with Crippen molar-refractivity contribution in [3.8, 4) is 17.5 Å². The number of rotatable bonds is 18. The fourth-order valence-electron chi connectivity index (χ4n) is 5.61. The zero-order valence-electron chi connectivity index (χ0n) is 42.6. The lowest BCUT2D eigenvalue weighted by Crippen LogP contribution is -2.35. The predicted molar refractivity (Wildman–Crippen MR) is 289 cm³/mol. The summed E-state index contributed by atoms with van der Waals surface area (Å²) in [5.41, 5.74) is -0.676. The number of nitrogens with one attached hydrogen (secondary N) is 3.